The zero-order valence-corrected chi connectivity index (χ0v) is 16.2. The summed E-state index contributed by atoms with van der Waals surface area (Å²) in [5.74, 6) is 0.706. The standard InChI is InChI=1S/C18H30N2O4S/c1-17(2)15-3-4-18(17,16(13-15)19-5-9-23-10-6-19)14-25(21,22)20-7-11-24-12-8-20/h13,15H,3-12,14H2,1-2H3. The first-order chi connectivity index (χ1) is 11.9. The van der Waals surface area contributed by atoms with Crippen LogP contribution >= 0.6 is 0 Å². The van der Waals surface area contributed by atoms with Crippen LogP contribution < -0.4 is 0 Å². The summed E-state index contributed by atoms with van der Waals surface area (Å²) in [7, 11) is -3.30. The van der Waals surface area contributed by atoms with Gasteiger partial charge in [0.15, 0.2) is 0 Å². The fourth-order valence-corrected chi connectivity index (χ4v) is 7.49. The number of hydrogen-bond donors (Lipinski definition) is 0. The molecule has 3 fully saturated rings. The Hall–Kier alpha value is -0.630. The van der Waals surface area contributed by atoms with Crippen molar-refractivity contribution in [2.45, 2.75) is 26.7 Å². The van der Waals surface area contributed by atoms with Crippen LogP contribution in [0.4, 0.5) is 0 Å². The van der Waals surface area contributed by atoms with Gasteiger partial charge in [0.1, 0.15) is 0 Å². The van der Waals surface area contributed by atoms with E-state index in [1.807, 2.05) is 0 Å². The number of morpholine rings is 2. The van der Waals surface area contributed by atoms with E-state index in [-0.39, 0.29) is 16.6 Å². The quantitative estimate of drug-likeness (QED) is 0.747. The highest BCUT2D eigenvalue weighted by atomic mass is 32.2. The Balaban J connectivity index is 1.65. The van der Waals surface area contributed by atoms with Gasteiger partial charge in [-0.3, -0.25) is 0 Å². The fourth-order valence-electron chi connectivity index (χ4n) is 5.31. The molecular formula is C18H30N2O4S. The molecule has 1 saturated carbocycles. The van der Waals surface area contributed by atoms with Crippen molar-refractivity contribution >= 4 is 10.0 Å². The molecule has 0 aromatic rings. The highest BCUT2D eigenvalue weighted by Gasteiger charge is 2.63. The molecule has 0 aromatic heterocycles. The first-order valence-corrected chi connectivity index (χ1v) is 11.1. The van der Waals surface area contributed by atoms with Crippen molar-refractivity contribution in [1.29, 1.82) is 0 Å². The van der Waals surface area contributed by atoms with Gasteiger partial charge < -0.3 is 14.4 Å². The molecule has 4 rings (SSSR count). The highest BCUT2D eigenvalue weighted by Crippen LogP contribution is 2.66. The van der Waals surface area contributed by atoms with E-state index in [1.165, 1.54) is 5.70 Å². The van der Waals surface area contributed by atoms with Crippen LogP contribution in [0, 0.1) is 16.7 Å². The van der Waals surface area contributed by atoms with E-state index in [4.69, 9.17) is 9.47 Å². The van der Waals surface area contributed by atoms with Gasteiger partial charge in [0.2, 0.25) is 10.0 Å². The Bertz CT molecular complexity index is 648. The average molecular weight is 371 g/mol. The van der Waals surface area contributed by atoms with Crippen LogP contribution in [0.15, 0.2) is 11.8 Å². The van der Waals surface area contributed by atoms with E-state index in [2.05, 4.69) is 24.8 Å². The lowest BCUT2D eigenvalue weighted by molar-refractivity contribution is 0.0332. The summed E-state index contributed by atoms with van der Waals surface area (Å²) in [6.45, 7) is 9.71. The Morgan fingerprint density at radius 2 is 1.68 bits per heavy atom. The minimum absolute atomic E-state index is 0.0139. The summed E-state index contributed by atoms with van der Waals surface area (Å²) in [4.78, 5) is 2.39. The largest absolute Gasteiger partial charge is 0.379 e. The Labute approximate surface area is 151 Å². The van der Waals surface area contributed by atoms with Gasteiger partial charge in [-0.05, 0) is 24.2 Å². The average Bonchev–Trinajstić information content (AvgIpc) is 2.97. The first kappa shape index (κ1) is 17.8. The van der Waals surface area contributed by atoms with Crippen LogP contribution in [0.25, 0.3) is 0 Å². The summed E-state index contributed by atoms with van der Waals surface area (Å²) >= 11 is 0. The van der Waals surface area contributed by atoms with E-state index in [1.54, 1.807) is 4.31 Å². The SMILES string of the molecule is CC1(C)C2C=C(N3CCOCC3)C1(CS(=O)(=O)N1CCOCC1)CC2. The predicted molar refractivity (Wildman–Crippen MR) is 95.6 cm³/mol. The summed E-state index contributed by atoms with van der Waals surface area (Å²) < 4.78 is 39.0. The van der Waals surface area contributed by atoms with E-state index in [0.717, 1.165) is 39.1 Å². The number of sulfonamides is 1. The van der Waals surface area contributed by atoms with Crippen molar-refractivity contribution in [2.24, 2.45) is 16.7 Å². The molecule has 2 bridgehead atoms. The predicted octanol–water partition coefficient (Wildman–Crippen LogP) is 1.30. The van der Waals surface area contributed by atoms with Crippen molar-refractivity contribution in [3.8, 4) is 0 Å². The number of fused-ring (bicyclic) bond motifs is 2. The fraction of sp³-hybridized carbons (Fsp3) is 0.889. The van der Waals surface area contributed by atoms with Crippen LogP contribution in [-0.4, -0.2) is 76.0 Å². The van der Waals surface area contributed by atoms with E-state index >= 15 is 0 Å². The molecule has 25 heavy (non-hydrogen) atoms. The molecular weight excluding hydrogens is 340 g/mol. The maximum Gasteiger partial charge on any atom is 0.215 e. The Morgan fingerprint density at radius 1 is 1.08 bits per heavy atom. The molecule has 2 saturated heterocycles. The lowest BCUT2D eigenvalue weighted by Gasteiger charge is -2.46. The molecule has 2 atom stereocenters. The third-order valence-electron chi connectivity index (χ3n) is 7.04. The van der Waals surface area contributed by atoms with E-state index < -0.39 is 10.0 Å². The molecule has 0 spiro atoms. The molecule has 2 unspecified atom stereocenters. The van der Waals surface area contributed by atoms with Crippen LogP contribution in [0.5, 0.6) is 0 Å². The molecule has 7 heteroatoms. The summed E-state index contributed by atoms with van der Waals surface area (Å²) in [6.07, 6.45) is 4.44. The Kier molecular flexibility index (Phi) is 4.42. The first-order valence-electron chi connectivity index (χ1n) is 9.47. The maximum atomic E-state index is 13.2. The van der Waals surface area contributed by atoms with Gasteiger partial charge in [0.05, 0.1) is 32.2 Å². The van der Waals surface area contributed by atoms with E-state index in [9.17, 15) is 8.42 Å². The van der Waals surface area contributed by atoms with Crippen LogP contribution in [0.1, 0.15) is 26.7 Å². The minimum Gasteiger partial charge on any atom is -0.379 e. The van der Waals surface area contributed by atoms with Gasteiger partial charge >= 0.3 is 0 Å². The normalized spacial score (nSPS) is 35.8. The van der Waals surface area contributed by atoms with E-state index in [0.29, 0.717) is 32.2 Å². The zero-order chi connectivity index (χ0) is 17.7. The van der Waals surface area contributed by atoms with Crippen molar-refractivity contribution in [1.82, 2.24) is 9.21 Å². The topological polar surface area (TPSA) is 59.1 Å². The summed E-state index contributed by atoms with van der Waals surface area (Å²) in [5, 5.41) is 0. The van der Waals surface area contributed by atoms with Gasteiger partial charge in [-0.2, -0.15) is 4.31 Å². The minimum atomic E-state index is -3.30. The smallest absolute Gasteiger partial charge is 0.215 e. The third kappa shape index (κ3) is 2.74. The molecule has 6 nitrogen and oxygen atoms in total. The van der Waals surface area contributed by atoms with Crippen LogP contribution in [0.2, 0.25) is 0 Å². The summed E-state index contributed by atoms with van der Waals surface area (Å²) in [6, 6.07) is 0. The monoisotopic (exact) mass is 370 g/mol. The van der Waals surface area contributed by atoms with Crippen LogP contribution in [0.3, 0.4) is 0 Å². The van der Waals surface area contributed by atoms with Gasteiger partial charge in [-0.25, -0.2) is 8.42 Å². The van der Waals surface area contributed by atoms with Crippen molar-refractivity contribution in [3.63, 3.8) is 0 Å². The third-order valence-corrected chi connectivity index (χ3v) is 9.05. The van der Waals surface area contributed by atoms with Gasteiger partial charge in [-0.15, -0.1) is 0 Å². The van der Waals surface area contributed by atoms with Crippen LogP contribution in [-0.2, 0) is 19.5 Å². The van der Waals surface area contributed by atoms with Gasteiger partial charge in [-0.1, -0.05) is 19.9 Å². The Morgan fingerprint density at radius 3 is 2.28 bits per heavy atom. The molecule has 0 aromatic carbocycles. The van der Waals surface area contributed by atoms with Crippen molar-refractivity contribution in [3.05, 3.63) is 11.8 Å². The maximum absolute atomic E-state index is 13.2. The number of ether oxygens (including phenoxy) is 2. The molecule has 0 radical (unpaired) electrons. The van der Waals surface area contributed by atoms with Crippen molar-refractivity contribution < 1.29 is 17.9 Å². The lowest BCUT2D eigenvalue weighted by Crippen LogP contribution is -2.51. The van der Waals surface area contributed by atoms with Gasteiger partial charge in [0, 0.05) is 37.3 Å². The second kappa shape index (κ2) is 6.22. The number of rotatable bonds is 4. The number of allylic oxidation sites excluding steroid dienone is 2. The zero-order valence-electron chi connectivity index (χ0n) is 15.4. The lowest BCUT2D eigenvalue weighted by atomic mass is 9.68. The molecule has 2 aliphatic heterocycles. The molecule has 142 valence electrons. The van der Waals surface area contributed by atoms with Gasteiger partial charge in [0.25, 0.3) is 0 Å². The highest BCUT2D eigenvalue weighted by molar-refractivity contribution is 7.89. The molecule has 2 aliphatic carbocycles. The molecule has 4 aliphatic rings. The number of nitrogens with zero attached hydrogens (tertiary/aromatic N) is 2. The molecule has 0 amide bonds. The second-order valence-electron chi connectivity index (χ2n) is 8.37. The summed E-state index contributed by atoms with van der Waals surface area (Å²) in [5.41, 5.74) is 0.987. The molecule has 2 heterocycles. The van der Waals surface area contributed by atoms with Crippen molar-refractivity contribution in [2.75, 3.05) is 58.4 Å². The number of hydrogen-bond acceptors (Lipinski definition) is 5. The molecule has 0 N–H and O–H groups in total. The second-order valence-corrected chi connectivity index (χ2v) is 10.3.